The minimum Gasteiger partial charge on any atom is -0.497 e. The fourth-order valence-corrected chi connectivity index (χ4v) is 6.66. The summed E-state index contributed by atoms with van der Waals surface area (Å²) in [4.78, 5) is 33.5. The molecule has 2 aromatic carbocycles. The molecule has 222 valence electrons. The minimum atomic E-state index is -0.331. The lowest BCUT2D eigenvalue weighted by Crippen LogP contribution is -2.48. The van der Waals surface area contributed by atoms with E-state index >= 15 is 0 Å². The first-order valence-electron chi connectivity index (χ1n) is 14.1. The molecule has 1 aromatic heterocycles. The van der Waals surface area contributed by atoms with Crippen LogP contribution < -0.4 is 20.1 Å². The summed E-state index contributed by atoms with van der Waals surface area (Å²) >= 11 is 6.83. The molecule has 2 saturated heterocycles. The molecular formula is C32H32FN5O3S2. The number of thioether (sulfide) groups is 1. The first kappa shape index (κ1) is 30.3. The number of ether oxygens (including phenoxy) is 1. The van der Waals surface area contributed by atoms with Crippen LogP contribution in [0.3, 0.4) is 0 Å². The smallest absolute Gasteiger partial charge is 0.270 e. The predicted molar refractivity (Wildman–Crippen MR) is 173 cm³/mol. The average Bonchev–Trinajstić information content (AvgIpc) is 3.28. The summed E-state index contributed by atoms with van der Waals surface area (Å²) in [6.07, 6.45) is 2.48. The summed E-state index contributed by atoms with van der Waals surface area (Å²) in [5.41, 5.74) is 2.80. The van der Waals surface area contributed by atoms with Gasteiger partial charge in [0, 0.05) is 44.0 Å². The Morgan fingerprint density at radius 2 is 1.70 bits per heavy atom. The molecule has 0 atom stereocenters. The van der Waals surface area contributed by atoms with Crippen molar-refractivity contribution in [3.8, 4) is 11.8 Å². The van der Waals surface area contributed by atoms with Crippen LogP contribution in [0.4, 0.5) is 15.9 Å². The minimum absolute atomic E-state index is 0.0714. The third-order valence-corrected chi connectivity index (χ3v) is 9.09. The Balaban J connectivity index is 1.51. The Morgan fingerprint density at radius 3 is 2.30 bits per heavy atom. The number of thiocarbonyl (C=S) groups is 1. The highest BCUT2D eigenvalue weighted by molar-refractivity contribution is 8.26. The molecule has 3 heterocycles. The molecule has 43 heavy (non-hydrogen) atoms. The lowest BCUT2D eigenvalue weighted by Gasteiger charge is -2.39. The van der Waals surface area contributed by atoms with Crippen LogP contribution in [-0.4, -0.2) is 53.0 Å². The average molecular weight is 618 g/mol. The largest absolute Gasteiger partial charge is 0.497 e. The van der Waals surface area contributed by atoms with E-state index in [1.165, 1.54) is 23.9 Å². The van der Waals surface area contributed by atoms with E-state index in [4.69, 9.17) is 17.0 Å². The van der Waals surface area contributed by atoms with Gasteiger partial charge in [-0.1, -0.05) is 43.0 Å². The summed E-state index contributed by atoms with van der Waals surface area (Å²) < 4.78 is 20.8. The molecule has 0 unspecified atom stereocenters. The molecule has 0 radical (unpaired) electrons. The number of nitrogens with zero attached hydrogens (tertiary/aromatic N) is 5. The van der Waals surface area contributed by atoms with Crippen LogP contribution in [0.2, 0.25) is 0 Å². The maximum atomic E-state index is 13.6. The van der Waals surface area contributed by atoms with E-state index in [9.17, 15) is 19.2 Å². The van der Waals surface area contributed by atoms with Gasteiger partial charge in [0.15, 0.2) is 0 Å². The van der Waals surface area contributed by atoms with Crippen LogP contribution in [-0.2, 0) is 17.9 Å². The molecule has 2 aliphatic heterocycles. The van der Waals surface area contributed by atoms with E-state index in [0.29, 0.717) is 71.9 Å². The van der Waals surface area contributed by atoms with E-state index in [-0.39, 0.29) is 22.8 Å². The summed E-state index contributed by atoms with van der Waals surface area (Å²) in [5, 5.41) is 9.96. The third kappa shape index (κ3) is 6.17. The summed E-state index contributed by atoms with van der Waals surface area (Å²) in [6, 6.07) is 16.0. The highest BCUT2D eigenvalue weighted by Crippen LogP contribution is 2.37. The number of pyridine rings is 1. The summed E-state index contributed by atoms with van der Waals surface area (Å²) in [5.74, 6) is 0.927. The third-order valence-electron chi connectivity index (χ3n) is 7.71. The second-order valence-corrected chi connectivity index (χ2v) is 12.0. The van der Waals surface area contributed by atoms with Crippen molar-refractivity contribution in [1.29, 1.82) is 5.26 Å². The number of rotatable bonds is 8. The van der Waals surface area contributed by atoms with Gasteiger partial charge in [-0.15, -0.1) is 0 Å². The molecule has 1 amide bonds. The van der Waals surface area contributed by atoms with E-state index in [1.54, 1.807) is 41.7 Å². The number of amides is 1. The number of anilines is 2. The predicted octanol–water partition coefficient (Wildman–Crippen LogP) is 5.31. The number of methoxy groups -OCH3 is 1. The van der Waals surface area contributed by atoms with Gasteiger partial charge in [-0.05, 0) is 66.9 Å². The normalized spacial score (nSPS) is 16.3. The van der Waals surface area contributed by atoms with Gasteiger partial charge >= 0.3 is 0 Å². The van der Waals surface area contributed by atoms with Gasteiger partial charge in [0.25, 0.3) is 11.5 Å². The molecule has 11 heteroatoms. The maximum Gasteiger partial charge on any atom is 0.270 e. The van der Waals surface area contributed by atoms with Gasteiger partial charge in [-0.3, -0.25) is 19.1 Å². The van der Waals surface area contributed by atoms with Crippen LogP contribution in [0, 0.1) is 24.1 Å². The molecule has 3 aromatic rings. The molecule has 0 N–H and O–H groups in total. The Kier molecular flexibility index (Phi) is 9.18. The van der Waals surface area contributed by atoms with Gasteiger partial charge in [-0.2, -0.15) is 5.26 Å². The molecule has 0 bridgehead atoms. The summed E-state index contributed by atoms with van der Waals surface area (Å²) in [7, 11) is 1.60. The first-order chi connectivity index (χ1) is 20.7. The van der Waals surface area contributed by atoms with E-state index in [2.05, 4.69) is 15.9 Å². The monoisotopic (exact) mass is 617 g/mol. The van der Waals surface area contributed by atoms with Gasteiger partial charge in [0.05, 0.1) is 18.6 Å². The van der Waals surface area contributed by atoms with Gasteiger partial charge in [0.2, 0.25) is 0 Å². The lowest BCUT2D eigenvalue weighted by atomic mass is 10.0. The highest BCUT2D eigenvalue weighted by Gasteiger charge is 2.34. The zero-order valence-corrected chi connectivity index (χ0v) is 25.9. The highest BCUT2D eigenvalue weighted by atomic mass is 32.2. The van der Waals surface area contributed by atoms with Crippen molar-refractivity contribution in [2.24, 2.45) is 0 Å². The van der Waals surface area contributed by atoms with Crippen molar-refractivity contribution in [2.75, 3.05) is 43.1 Å². The Morgan fingerprint density at radius 1 is 1.05 bits per heavy atom. The van der Waals surface area contributed by atoms with Crippen molar-refractivity contribution in [2.45, 2.75) is 33.4 Å². The number of aromatic nitrogens is 1. The van der Waals surface area contributed by atoms with Crippen LogP contribution in [0.1, 0.15) is 35.6 Å². The molecule has 8 nitrogen and oxygen atoms in total. The molecule has 2 fully saturated rings. The number of carbonyl (C=O) groups excluding carboxylic acids is 1. The number of hydrogen-bond donors (Lipinski definition) is 0. The first-order valence-corrected chi connectivity index (χ1v) is 15.3. The van der Waals surface area contributed by atoms with E-state index in [1.807, 2.05) is 31.2 Å². The van der Waals surface area contributed by atoms with Gasteiger partial charge in [0.1, 0.15) is 33.3 Å². The van der Waals surface area contributed by atoms with Crippen molar-refractivity contribution < 1.29 is 13.9 Å². The molecule has 0 spiro atoms. The quantitative estimate of drug-likeness (QED) is 0.249. The number of piperazine rings is 1. The summed E-state index contributed by atoms with van der Waals surface area (Å²) in [6.45, 7) is 7.03. The fourth-order valence-electron chi connectivity index (χ4n) is 5.43. The molecule has 2 aliphatic rings. The van der Waals surface area contributed by atoms with Crippen molar-refractivity contribution in [3.05, 3.63) is 91.9 Å². The lowest BCUT2D eigenvalue weighted by molar-refractivity contribution is -0.122. The zero-order chi connectivity index (χ0) is 30.7. The number of benzene rings is 2. The maximum absolute atomic E-state index is 13.6. The number of halogens is 1. The molecule has 0 aliphatic carbocycles. The van der Waals surface area contributed by atoms with Gasteiger partial charge < -0.3 is 14.5 Å². The number of nitriles is 1. The van der Waals surface area contributed by atoms with Crippen molar-refractivity contribution in [3.63, 3.8) is 0 Å². The van der Waals surface area contributed by atoms with Crippen LogP contribution >= 0.6 is 24.0 Å². The van der Waals surface area contributed by atoms with E-state index < -0.39 is 0 Å². The number of carbonyl (C=O) groups is 1. The Labute approximate surface area is 260 Å². The Hall–Kier alpha value is -4.14. The molecule has 0 saturated carbocycles. The van der Waals surface area contributed by atoms with E-state index in [0.717, 1.165) is 17.0 Å². The van der Waals surface area contributed by atoms with Crippen LogP contribution in [0.5, 0.6) is 5.75 Å². The van der Waals surface area contributed by atoms with Gasteiger partial charge in [-0.25, -0.2) is 4.39 Å². The Bertz CT molecular complexity index is 1670. The zero-order valence-electron chi connectivity index (χ0n) is 24.3. The van der Waals surface area contributed by atoms with Crippen LogP contribution in [0.15, 0.2) is 58.2 Å². The van der Waals surface area contributed by atoms with Crippen molar-refractivity contribution in [1.82, 2.24) is 9.47 Å². The molecular weight excluding hydrogens is 586 g/mol. The van der Waals surface area contributed by atoms with Crippen molar-refractivity contribution >= 4 is 51.8 Å². The topological polar surface area (TPSA) is 81.8 Å². The van der Waals surface area contributed by atoms with Crippen LogP contribution in [0.25, 0.3) is 6.08 Å². The second kappa shape index (κ2) is 13.0. The standard InChI is InChI=1S/C32H32FN5O3S2/c1-4-13-37-29(36-16-14-35(15-17-36)24-9-7-23(33)8-10-24)26(21(2)27(19-34)30(37)39)18-28-31(40)38(32(42)43-28)20-22-5-11-25(41-3)12-6-22/h5-12,18H,4,13-17,20H2,1-3H3/b28-18+. The SMILES string of the molecule is CCCn1c(N2CCN(c3ccc(F)cc3)CC2)c(/C=C2/SC(=S)N(Cc3ccc(OC)cc3)C2=O)c(C)c(C#N)c1=O. The fraction of sp³-hybridized carbons (Fsp3) is 0.312. The number of hydrogen-bond acceptors (Lipinski definition) is 8. The molecule has 5 rings (SSSR count). The second-order valence-electron chi connectivity index (χ2n) is 10.4.